The average molecular weight is 341 g/mol. The number of hydrogen-bond acceptors (Lipinski definition) is 4. The summed E-state index contributed by atoms with van der Waals surface area (Å²) in [7, 11) is 0. The molecule has 7 nitrogen and oxygen atoms in total. The van der Waals surface area contributed by atoms with Crippen molar-refractivity contribution in [3.8, 4) is 0 Å². The first-order chi connectivity index (χ1) is 12.1. The number of benzene rings is 1. The van der Waals surface area contributed by atoms with Crippen LogP contribution in [0.3, 0.4) is 0 Å². The minimum Gasteiger partial charge on any atom is -0.356 e. The topological polar surface area (TPSA) is 95.6 Å². The Morgan fingerprint density at radius 3 is 2.24 bits per heavy atom. The van der Waals surface area contributed by atoms with Crippen LogP contribution in [-0.4, -0.2) is 47.7 Å². The number of rotatable bonds is 2. The quantitative estimate of drug-likeness (QED) is 0.768. The summed E-state index contributed by atoms with van der Waals surface area (Å²) in [5, 5.41) is 5.54. The van der Waals surface area contributed by atoms with Crippen molar-refractivity contribution in [1.82, 2.24) is 15.5 Å². The maximum Gasteiger partial charge on any atom is 0.262 e. The predicted octanol–water partition coefficient (Wildman–Crippen LogP) is 0.555. The van der Waals surface area contributed by atoms with Gasteiger partial charge in [0.2, 0.25) is 11.8 Å². The van der Waals surface area contributed by atoms with E-state index in [1.54, 1.807) is 18.2 Å². The van der Waals surface area contributed by atoms with Gasteiger partial charge in [-0.25, -0.2) is 0 Å². The van der Waals surface area contributed by atoms with Crippen LogP contribution in [0.1, 0.15) is 57.9 Å². The monoisotopic (exact) mass is 341 g/mol. The second-order valence-corrected chi connectivity index (χ2v) is 6.72. The molecule has 0 spiro atoms. The van der Waals surface area contributed by atoms with Crippen LogP contribution in [-0.2, 0) is 9.59 Å². The summed E-state index contributed by atoms with van der Waals surface area (Å²) in [6, 6.07) is 4.24. The minimum atomic E-state index is -0.748. The molecule has 2 fully saturated rings. The van der Waals surface area contributed by atoms with E-state index in [9.17, 15) is 19.2 Å². The molecule has 130 valence electrons. The first-order valence-electron chi connectivity index (χ1n) is 8.65. The van der Waals surface area contributed by atoms with Crippen LogP contribution in [0.5, 0.6) is 0 Å². The van der Waals surface area contributed by atoms with Gasteiger partial charge in [-0.1, -0.05) is 6.07 Å². The molecular weight excluding hydrogens is 322 g/mol. The molecule has 0 aromatic heterocycles. The van der Waals surface area contributed by atoms with Crippen LogP contribution >= 0.6 is 0 Å². The van der Waals surface area contributed by atoms with Gasteiger partial charge < -0.3 is 10.6 Å². The maximum atomic E-state index is 12.8. The summed E-state index contributed by atoms with van der Waals surface area (Å²) in [4.78, 5) is 50.7. The molecule has 1 aromatic carbocycles. The van der Waals surface area contributed by atoms with E-state index < -0.39 is 17.9 Å². The Hall–Kier alpha value is -2.70. The second kappa shape index (κ2) is 5.98. The molecule has 3 heterocycles. The number of carbonyl (C=O) groups excluding carboxylic acids is 4. The molecule has 4 amide bonds. The fraction of sp³-hybridized carbons (Fsp3) is 0.444. The van der Waals surface area contributed by atoms with Gasteiger partial charge in [-0.15, -0.1) is 0 Å². The largest absolute Gasteiger partial charge is 0.356 e. The van der Waals surface area contributed by atoms with E-state index in [4.69, 9.17) is 0 Å². The third-order valence-electron chi connectivity index (χ3n) is 5.20. The van der Waals surface area contributed by atoms with Gasteiger partial charge in [0.15, 0.2) is 0 Å². The van der Waals surface area contributed by atoms with E-state index in [0.717, 1.165) is 29.7 Å². The van der Waals surface area contributed by atoms with Crippen molar-refractivity contribution in [2.75, 3.05) is 13.1 Å². The molecular formula is C18H19N3O4. The Labute approximate surface area is 144 Å². The Morgan fingerprint density at radius 1 is 0.840 bits per heavy atom. The van der Waals surface area contributed by atoms with Crippen molar-refractivity contribution in [3.05, 3.63) is 34.9 Å². The van der Waals surface area contributed by atoms with Crippen LogP contribution in [0, 0.1) is 0 Å². The van der Waals surface area contributed by atoms with Crippen molar-refractivity contribution >= 4 is 23.6 Å². The normalized spacial score (nSPS) is 26.3. The number of piperidine rings is 2. The third-order valence-corrected chi connectivity index (χ3v) is 5.20. The third kappa shape index (κ3) is 2.50. The van der Waals surface area contributed by atoms with Crippen LogP contribution in [0.15, 0.2) is 18.2 Å². The summed E-state index contributed by atoms with van der Waals surface area (Å²) in [6.07, 6.45) is 2.82. The molecule has 3 aliphatic heterocycles. The molecule has 2 atom stereocenters. The smallest absolute Gasteiger partial charge is 0.262 e. The number of hydrogen-bond donors (Lipinski definition) is 2. The summed E-state index contributed by atoms with van der Waals surface area (Å²) >= 11 is 0. The van der Waals surface area contributed by atoms with E-state index in [-0.39, 0.29) is 17.7 Å². The number of fused-ring (bicyclic) bond motifs is 1. The number of amides is 4. The molecule has 0 aliphatic carbocycles. The van der Waals surface area contributed by atoms with Gasteiger partial charge in [-0.05, 0) is 43.4 Å². The summed E-state index contributed by atoms with van der Waals surface area (Å²) < 4.78 is 0. The number of imide groups is 1. The van der Waals surface area contributed by atoms with E-state index in [2.05, 4.69) is 10.6 Å². The van der Waals surface area contributed by atoms with Gasteiger partial charge in [0.25, 0.3) is 11.8 Å². The lowest BCUT2D eigenvalue weighted by Crippen LogP contribution is -2.52. The zero-order chi connectivity index (χ0) is 17.6. The van der Waals surface area contributed by atoms with Gasteiger partial charge in [0.05, 0.1) is 17.0 Å². The van der Waals surface area contributed by atoms with Crippen molar-refractivity contribution < 1.29 is 19.2 Å². The Balaban J connectivity index is 1.66. The number of carbonyl (C=O) groups is 4. The van der Waals surface area contributed by atoms with Crippen molar-refractivity contribution in [2.24, 2.45) is 0 Å². The molecule has 2 saturated heterocycles. The Bertz CT molecular complexity index is 789. The zero-order valence-electron chi connectivity index (χ0n) is 13.7. The van der Waals surface area contributed by atoms with Gasteiger partial charge >= 0.3 is 0 Å². The standard InChI is InChI=1S/C18H19N3O4/c22-15-11(3-1-7-19-15)10-5-6-12-13(9-10)18(25)21(17(12)24)14-4-2-8-20-16(14)23/h5-6,9,11,14H,1-4,7-8H2,(H,19,22)(H,20,23). The molecule has 2 N–H and O–H groups in total. The lowest BCUT2D eigenvalue weighted by Gasteiger charge is -2.28. The number of nitrogens with zero attached hydrogens (tertiary/aromatic N) is 1. The Kier molecular flexibility index (Phi) is 3.78. The molecule has 0 radical (unpaired) electrons. The van der Waals surface area contributed by atoms with E-state index in [1.807, 2.05) is 0 Å². The van der Waals surface area contributed by atoms with Crippen LogP contribution < -0.4 is 10.6 Å². The molecule has 2 unspecified atom stereocenters. The summed E-state index contributed by atoms with van der Waals surface area (Å²) in [6.45, 7) is 1.24. The van der Waals surface area contributed by atoms with E-state index in [1.165, 1.54) is 0 Å². The molecule has 25 heavy (non-hydrogen) atoms. The van der Waals surface area contributed by atoms with Gasteiger partial charge in [0, 0.05) is 13.1 Å². The van der Waals surface area contributed by atoms with E-state index >= 15 is 0 Å². The fourth-order valence-corrected chi connectivity index (χ4v) is 3.87. The lowest BCUT2D eigenvalue weighted by atomic mass is 9.89. The number of nitrogens with one attached hydrogen (secondary N) is 2. The zero-order valence-corrected chi connectivity index (χ0v) is 13.7. The Morgan fingerprint density at radius 2 is 1.52 bits per heavy atom. The second-order valence-electron chi connectivity index (χ2n) is 6.72. The van der Waals surface area contributed by atoms with E-state index in [0.29, 0.717) is 30.6 Å². The highest BCUT2D eigenvalue weighted by molar-refractivity contribution is 6.23. The van der Waals surface area contributed by atoms with Crippen molar-refractivity contribution in [3.63, 3.8) is 0 Å². The van der Waals surface area contributed by atoms with Crippen molar-refractivity contribution in [1.29, 1.82) is 0 Å². The summed E-state index contributed by atoms with van der Waals surface area (Å²) in [5.74, 6) is -1.50. The predicted molar refractivity (Wildman–Crippen MR) is 88.0 cm³/mol. The van der Waals surface area contributed by atoms with Crippen LogP contribution in [0.2, 0.25) is 0 Å². The highest BCUT2D eigenvalue weighted by Crippen LogP contribution is 2.32. The molecule has 4 rings (SSSR count). The highest BCUT2D eigenvalue weighted by atomic mass is 16.2. The maximum absolute atomic E-state index is 12.8. The average Bonchev–Trinajstić information content (AvgIpc) is 2.87. The SMILES string of the molecule is O=C1NCCCC1c1ccc2c(c1)C(=O)N(C1CCCNC1=O)C2=O. The first-order valence-corrected chi connectivity index (χ1v) is 8.65. The van der Waals surface area contributed by atoms with Gasteiger partial charge in [0.1, 0.15) is 6.04 Å². The minimum absolute atomic E-state index is 0.0495. The van der Waals surface area contributed by atoms with Crippen molar-refractivity contribution in [2.45, 2.75) is 37.6 Å². The van der Waals surface area contributed by atoms with Crippen LogP contribution in [0.25, 0.3) is 0 Å². The lowest BCUT2D eigenvalue weighted by molar-refractivity contribution is -0.126. The van der Waals surface area contributed by atoms with Gasteiger partial charge in [-0.2, -0.15) is 0 Å². The molecule has 1 aromatic rings. The first kappa shape index (κ1) is 15.8. The fourth-order valence-electron chi connectivity index (χ4n) is 3.87. The van der Waals surface area contributed by atoms with Crippen LogP contribution in [0.4, 0.5) is 0 Å². The molecule has 3 aliphatic rings. The molecule has 0 saturated carbocycles. The molecule has 0 bridgehead atoms. The highest BCUT2D eigenvalue weighted by Gasteiger charge is 2.43. The molecule has 7 heteroatoms. The van der Waals surface area contributed by atoms with Gasteiger partial charge in [-0.3, -0.25) is 24.1 Å². The summed E-state index contributed by atoms with van der Waals surface area (Å²) in [5.41, 5.74) is 1.34.